The molecule has 0 radical (unpaired) electrons. The summed E-state index contributed by atoms with van der Waals surface area (Å²) in [4.78, 5) is 23.7. The molecule has 280 valence electrons. The maximum atomic E-state index is 12.4. The molecule has 0 aromatic heterocycles. The quantitative estimate of drug-likeness (QED) is 0.0294. The summed E-state index contributed by atoms with van der Waals surface area (Å²) in [6.45, 7) is 1.34. The zero-order chi connectivity index (χ0) is 35.5. The SMILES string of the molecule is CC(=O)N[C@H]1[C@H](OCCCCCCCCC(=O)NN)O[C@H](CO)[C@@H](O[C@@H]2O[C@@H](C)[C@@H](O)[C@@H](O)[C@@H]2O)[C@@H]1O[C@@H]1O[C@H](CO)[C@H](O)[C@H](O)[C@H]1O. The lowest BCUT2D eigenvalue weighted by Gasteiger charge is -2.50. The number of aliphatic hydroxyl groups is 8. The number of ether oxygens (including phenoxy) is 6. The van der Waals surface area contributed by atoms with Crippen LogP contribution in [0.25, 0.3) is 0 Å². The fraction of sp³-hybridized carbons (Fsp3) is 0.931. The molecule has 19 nitrogen and oxygen atoms in total. The van der Waals surface area contributed by atoms with Crippen LogP contribution >= 0.6 is 0 Å². The number of aliphatic hydroxyl groups excluding tert-OH is 8. The predicted molar refractivity (Wildman–Crippen MR) is 160 cm³/mol. The Morgan fingerprint density at radius 3 is 1.83 bits per heavy atom. The Hall–Kier alpha value is -1.66. The minimum Gasteiger partial charge on any atom is -0.394 e. The van der Waals surface area contributed by atoms with E-state index in [9.17, 15) is 50.4 Å². The Bertz CT molecular complexity index is 983. The molecule has 3 rings (SSSR count). The Morgan fingerprint density at radius 1 is 0.688 bits per heavy atom. The van der Waals surface area contributed by atoms with Crippen molar-refractivity contribution in [3.8, 4) is 0 Å². The van der Waals surface area contributed by atoms with E-state index >= 15 is 0 Å². The maximum absolute atomic E-state index is 12.4. The second-order valence-corrected chi connectivity index (χ2v) is 12.3. The highest BCUT2D eigenvalue weighted by Gasteiger charge is 2.54. The lowest BCUT2D eigenvalue weighted by molar-refractivity contribution is -0.373. The van der Waals surface area contributed by atoms with Gasteiger partial charge in [-0.3, -0.25) is 15.0 Å². The Balaban J connectivity index is 1.80. The van der Waals surface area contributed by atoms with Crippen LogP contribution in [0, 0.1) is 0 Å². The molecule has 12 N–H and O–H groups in total. The monoisotopic (exact) mass is 699 g/mol. The molecule has 3 fully saturated rings. The summed E-state index contributed by atoms with van der Waals surface area (Å²) in [6.07, 6.45) is -16.3. The van der Waals surface area contributed by atoms with Gasteiger partial charge in [-0.2, -0.15) is 0 Å². The van der Waals surface area contributed by atoms with Gasteiger partial charge in [0.05, 0.1) is 19.3 Å². The summed E-state index contributed by atoms with van der Waals surface area (Å²) >= 11 is 0. The summed E-state index contributed by atoms with van der Waals surface area (Å²) in [5.41, 5.74) is 2.09. The number of unbranched alkanes of at least 4 members (excludes halogenated alkanes) is 5. The average Bonchev–Trinajstić information content (AvgIpc) is 3.06. The number of nitrogens with two attached hydrogens (primary N) is 1. The number of hydrogen-bond donors (Lipinski definition) is 11. The van der Waals surface area contributed by atoms with Crippen LogP contribution in [0.15, 0.2) is 0 Å². The molecule has 3 heterocycles. The van der Waals surface area contributed by atoms with E-state index in [0.717, 1.165) is 25.7 Å². The van der Waals surface area contributed by atoms with Gasteiger partial charge in [-0.05, 0) is 19.8 Å². The minimum absolute atomic E-state index is 0.152. The second kappa shape index (κ2) is 19.7. The lowest BCUT2D eigenvalue weighted by atomic mass is 9.94. The lowest BCUT2D eigenvalue weighted by Crippen LogP contribution is -2.69. The van der Waals surface area contributed by atoms with Gasteiger partial charge in [0.1, 0.15) is 67.1 Å². The van der Waals surface area contributed by atoms with E-state index < -0.39 is 111 Å². The average molecular weight is 700 g/mol. The van der Waals surface area contributed by atoms with Gasteiger partial charge in [0.25, 0.3) is 0 Å². The number of nitrogens with one attached hydrogen (secondary N) is 2. The molecule has 3 aliphatic rings. The molecule has 19 heteroatoms. The third-order valence-electron chi connectivity index (χ3n) is 8.68. The number of rotatable bonds is 17. The number of amides is 2. The normalized spacial score (nSPS) is 40.4. The van der Waals surface area contributed by atoms with Gasteiger partial charge in [-0.15, -0.1) is 0 Å². The molecule has 0 bridgehead atoms. The third-order valence-corrected chi connectivity index (χ3v) is 8.68. The molecule has 3 aliphatic heterocycles. The summed E-state index contributed by atoms with van der Waals surface area (Å²) in [7, 11) is 0. The highest BCUT2D eigenvalue weighted by atomic mass is 16.8. The molecular formula is C29H53N3O16. The number of hydrazine groups is 1. The van der Waals surface area contributed by atoms with Gasteiger partial charge in [0, 0.05) is 20.0 Å². The highest BCUT2D eigenvalue weighted by Crippen LogP contribution is 2.34. The first-order valence-electron chi connectivity index (χ1n) is 16.3. The van der Waals surface area contributed by atoms with Crippen LogP contribution in [0.1, 0.15) is 58.8 Å². The summed E-state index contributed by atoms with van der Waals surface area (Å²) in [5.74, 6) is 4.30. The molecule has 0 aliphatic carbocycles. The molecule has 0 saturated carbocycles. The predicted octanol–water partition coefficient (Wildman–Crippen LogP) is -4.66. The Labute approximate surface area is 278 Å². The Kier molecular flexibility index (Phi) is 16.7. The zero-order valence-corrected chi connectivity index (χ0v) is 27.2. The van der Waals surface area contributed by atoms with Crippen LogP contribution in [0.3, 0.4) is 0 Å². The van der Waals surface area contributed by atoms with Gasteiger partial charge >= 0.3 is 0 Å². The minimum atomic E-state index is -1.85. The first-order chi connectivity index (χ1) is 22.8. The number of carbonyl (C=O) groups is 2. The van der Waals surface area contributed by atoms with Crippen molar-refractivity contribution in [3.63, 3.8) is 0 Å². The van der Waals surface area contributed by atoms with Crippen molar-refractivity contribution in [1.29, 1.82) is 0 Å². The van der Waals surface area contributed by atoms with Gasteiger partial charge in [-0.25, -0.2) is 5.84 Å². The van der Waals surface area contributed by atoms with Gasteiger partial charge in [-0.1, -0.05) is 25.7 Å². The maximum Gasteiger partial charge on any atom is 0.233 e. The van der Waals surface area contributed by atoms with Gasteiger partial charge in [0.15, 0.2) is 18.9 Å². The van der Waals surface area contributed by atoms with Crippen molar-refractivity contribution in [2.45, 2.75) is 151 Å². The van der Waals surface area contributed by atoms with E-state index in [2.05, 4.69) is 10.7 Å². The van der Waals surface area contributed by atoms with Gasteiger partial charge in [0.2, 0.25) is 11.8 Å². The first-order valence-corrected chi connectivity index (χ1v) is 16.3. The van der Waals surface area contributed by atoms with Crippen LogP contribution in [-0.2, 0) is 38.0 Å². The molecule has 0 aromatic rings. The number of carbonyl (C=O) groups excluding carboxylic acids is 2. The molecule has 0 unspecified atom stereocenters. The van der Waals surface area contributed by atoms with Crippen LogP contribution < -0.4 is 16.6 Å². The van der Waals surface area contributed by atoms with Crippen molar-refractivity contribution >= 4 is 11.8 Å². The summed E-state index contributed by atoms with van der Waals surface area (Å²) in [6, 6.07) is -1.23. The Morgan fingerprint density at radius 2 is 1.23 bits per heavy atom. The first kappa shape index (κ1) is 40.8. The molecule has 2 amide bonds. The van der Waals surface area contributed by atoms with Crippen molar-refractivity contribution in [2.24, 2.45) is 5.84 Å². The molecule has 3 saturated heterocycles. The van der Waals surface area contributed by atoms with Gasteiger partial charge < -0.3 is 74.6 Å². The molecule has 48 heavy (non-hydrogen) atoms. The van der Waals surface area contributed by atoms with Crippen molar-refractivity contribution in [1.82, 2.24) is 10.7 Å². The molecular weight excluding hydrogens is 646 g/mol. The number of hydrogen-bond acceptors (Lipinski definition) is 17. The topological polar surface area (TPSA) is 301 Å². The largest absolute Gasteiger partial charge is 0.394 e. The smallest absolute Gasteiger partial charge is 0.233 e. The van der Waals surface area contributed by atoms with E-state index in [1.807, 2.05) is 0 Å². The summed E-state index contributed by atoms with van der Waals surface area (Å²) in [5, 5.41) is 85.3. The fourth-order valence-corrected chi connectivity index (χ4v) is 5.89. The standard InChI is InChI=1S/C29H53N3O16/c1-13-19(37)21(39)23(41)28(44-13)47-25-16(12-34)46-27(43-10-8-6-4-3-5-7-9-17(36)32-30)18(31-14(2)35)26(25)48-29-24(42)22(40)20(38)15(11-33)45-29/h13,15-16,18-29,33-34,37-42H,3-12,30H2,1-2H3,(H,31,35)(H,32,36)/t13-,15+,16+,18+,19+,20-,21+,22-,23-,24+,25+,26+,27+,28-,29-/m0/s1. The summed E-state index contributed by atoms with van der Waals surface area (Å²) < 4.78 is 35.2. The van der Waals surface area contributed by atoms with E-state index in [0.29, 0.717) is 19.3 Å². The van der Waals surface area contributed by atoms with Crippen LogP contribution in [0.5, 0.6) is 0 Å². The van der Waals surface area contributed by atoms with E-state index in [1.54, 1.807) is 0 Å². The van der Waals surface area contributed by atoms with Crippen molar-refractivity contribution in [3.05, 3.63) is 0 Å². The fourth-order valence-electron chi connectivity index (χ4n) is 5.89. The van der Waals surface area contributed by atoms with E-state index in [1.165, 1.54) is 13.8 Å². The van der Waals surface area contributed by atoms with Crippen LogP contribution in [0.2, 0.25) is 0 Å². The second-order valence-electron chi connectivity index (χ2n) is 12.3. The molecule has 0 aromatic carbocycles. The van der Waals surface area contributed by atoms with E-state index in [4.69, 9.17) is 34.3 Å². The van der Waals surface area contributed by atoms with Crippen molar-refractivity contribution < 1.29 is 78.9 Å². The molecule has 15 atom stereocenters. The molecule has 0 spiro atoms. The zero-order valence-electron chi connectivity index (χ0n) is 27.2. The van der Waals surface area contributed by atoms with Crippen LogP contribution in [-0.4, -0.2) is 165 Å². The third kappa shape index (κ3) is 10.7. The van der Waals surface area contributed by atoms with Crippen LogP contribution in [0.4, 0.5) is 0 Å². The van der Waals surface area contributed by atoms with Crippen molar-refractivity contribution in [2.75, 3.05) is 19.8 Å². The van der Waals surface area contributed by atoms with E-state index in [-0.39, 0.29) is 12.5 Å². The highest BCUT2D eigenvalue weighted by molar-refractivity contribution is 5.75.